The minimum Gasteiger partial charge on any atom is -0.666 e. The summed E-state index contributed by atoms with van der Waals surface area (Å²) in [6, 6.07) is 16.7. The van der Waals surface area contributed by atoms with Gasteiger partial charge in [-0.3, -0.25) is 0 Å². The van der Waals surface area contributed by atoms with Gasteiger partial charge >= 0.3 is 17.1 Å². The van der Waals surface area contributed by atoms with Crippen molar-refractivity contribution in [2.75, 3.05) is 0 Å². The Kier molecular flexibility index (Phi) is 5.97. The van der Waals surface area contributed by atoms with Crippen molar-refractivity contribution in [3.63, 3.8) is 0 Å². The number of hydrogen-bond acceptors (Lipinski definition) is 2. The van der Waals surface area contributed by atoms with Gasteiger partial charge in [0.15, 0.2) is 0 Å². The van der Waals surface area contributed by atoms with E-state index in [-0.39, 0.29) is 27.9 Å². The molecule has 191 valence electrons. The largest absolute Gasteiger partial charge is 2.00 e. The van der Waals surface area contributed by atoms with Crippen LogP contribution in [0.1, 0.15) is 50.7 Å². The third-order valence-electron chi connectivity index (χ3n) is 7.41. The summed E-state index contributed by atoms with van der Waals surface area (Å²) < 4.78 is 4.20. The Morgan fingerprint density at radius 3 is 1.41 bits per heavy atom. The monoisotopic (exact) mass is 537 g/mol. The molecule has 6 rings (SSSR count). The summed E-state index contributed by atoms with van der Waals surface area (Å²) in [5, 5.41) is 4.65. The number of rotatable bonds is 5. The van der Waals surface area contributed by atoms with Crippen LogP contribution in [-0.4, -0.2) is 19.1 Å². The Morgan fingerprint density at radius 2 is 1.00 bits per heavy atom. The zero-order valence-electron chi connectivity index (χ0n) is 21.9. The normalized spacial score (nSPS) is 12.4. The van der Waals surface area contributed by atoms with Gasteiger partial charge in [-0.1, -0.05) is 76.2 Å². The maximum Gasteiger partial charge on any atom is 2.00 e. The first-order chi connectivity index (χ1) is 17.2. The standard InChI is InChI=1S/C30H30N6.Cu/c1-29(2,25-21-13-9-7-11-19(21)15-31-25)27-33-23(17-35(27)5)24-18-36(6)28(34-24)30(3,4)26-22-14-10-8-12-20(22)16-32-26;/h7-18H,1-6H3;/q-2;+2. The van der Waals surface area contributed by atoms with Gasteiger partial charge in [0, 0.05) is 37.3 Å². The van der Waals surface area contributed by atoms with Crippen LogP contribution in [0.4, 0.5) is 0 Å². The third kappa shape index (κ3) is 3.85. The topological polar surface area (TPSA) is 63.8 Å². The van der Waals surface area contributed by atoms with Gasteiger partial charge in [0.05, 0.1) is 0 Å². The zero-order valence-corrected chi connectivity index (χ0v) is 22.9. The Hall–Kier alpha value is -3.54. The van der Waals surface area contributed by atoms with Gasteiger partial charge in [-0.05, 0) is 21.5 Å². The molecule has 2 aromatic carbocycles. The molecule has 6 aromatic rings. The molecular weight excluding hydrogens is 508 g/mol. The molecule has 0 aliphatic heterocycles. The molecule has 4 heterocycles. The van der Waals surface area contributed by atoms with Gasteiger partial charge in [0.2, 0.25) is 0 Å². The molecule has 37 heavy (non-hydrogen) atoms. The third-order valence-corrected chi connectivity index (χ3v) is 7.41. The molecule has 0 saturated heterocycles. The van der Waals surface area contributed by atoms with Crippen LogP contribution in [0.15, 0.2) is 73.3 Å². The molecule has 0 saturated carbocycles. The fraction of sp³-hybridized carbons (Fsp3) is 0.267. The molecular formula is C30H30CuN6. The van der Waals surface area contributed by atoms with Crippen LogP contribution in [0.5, 0.6) is 0 Å². The van der Waals surface area contributed by atoms with Gasteiger partial charge in [0.25, 0.3) is 0 Å². The predicted octanol–water partition coefficient (Wildman–Crippen LogP) is 5.69. The number of imidazole rings is 2. The molecule has 7 heteroatoms. The number of benzene rings is 2. The van der Waals surface area contributed by atoms with Crippen molar-refractivity contribution < 1.29 is 17.1 Å². The Balaban J connectivity index is 0.00000280. The van der Waals surface area contributed by atoms with Gasteiger partial charge in [-0.25, -0.2) is 9.97 Å². The quantitative estimate of drug-likeness (QED) is 0.265. The Morgan fingerprint density at radius 1 is 0.622 bits per heavy atom. The van der Waals surface area contributed by atoms with Crippen LogP contribution >= 0.6 is 0 Å². The predicted molar refractivity (Wildman–Crippen MR) is 144 cm³/mol. The van der Waals surface area contributed by atoms with Crippen LogP contribution in [0, 0.1) is 0 Å². The van der Waals surface area contributed by atoms with E-state index in [1.54, 1.807) is 0 Å². The van der Waals surface area contributed by atoms with E-state index in [4.69, 9.17) is 19.9 Å². The summed E-state index contributed by atoms with van der Waals surface area (Å²) in [5.41, 5.74) is 3.05. The first-order valence-corrected chi connectivity index (χ1v) is 12.3. The molecule has 4 aromatic heterocycles. The number of aryl methyl sites for hydroxylation is 2. The molecule has 0 aliphatic rings. The van der Waals surface area contributed by atoms with E-state index in [1.807, 2.05) is 38.6 Å². The second kappa shape index (κ2) is 8.79. The second-order valence-electron chi connectivity index (χ2n) is 10.8. The van der Waals surface area contributed by atoms with Crippen molar-refractivity contribution in [1.82, 2.24) is 29.1 Å². The number of nitrogens with zero attached hydrogens (tertiary/aromatic N) is 6. The summed E-state index contributed by atoms with van der Waals surface area (Å²) in [4.78, 5) is 19.8. The van der Waals surface area contributed by atoms with Crippen molar-refractivity contribution in [2.45, 2.75) is 38.5 Å². The molecule has 0 spiro atoms. The van der Waals surface area contributed by atoms with Crippen molar-refractivity contribution in [1.29, 1.82) is 0 Å². The van der Waals surface area contributed by atoms with E-state index in [0.29, 0.717) is 0 Å². The van der Waals surface area contributed by atoms with E-state index in [1.165, 1.54) is 10.8 Å². The fourth-order valence-electron chi connectivity index (χ4n) is 5.61. The number of aromatic nitrogens is 6. The average Bonchev–Trinajstić information content (AvgIpc) is 3.63. The SMILES string of the molecule is Cn1cc(-c2cn(C)c(C(C)(C)c3[n-]cc4ccccc34)n2)nc1C(C)(C)c1[n-]cc2ccccc12.[Cu+2]. The summed E-state index contributed by atoms with van der Waals surface area (Å²) in [7, 11) is 4.10. The maximum absolute atomic E-state index is 5.10. The second-order valence-corrected chi connectivity index (χ2v) is 10.8. The zero-order chi connectivity index (χ0) is 25.2. The van der Waals surface area contributed by atoms with Crippen molar-refractivity contribution in [2.24, 2.45) is 14.1 Å². The molecule has 0 fully saturated rings. The first-order valence-electron chi connectivity index (χ1n) is 12.3. The average molecular weight is 538 g/mol. The van der Waals surface area contributed by atoms with Crippen molar-refractivity contribution in [3.05, 3.63) is 96.4 Å². The summed E-state index contributed by atoms with van der Waals surface area (Å²) in [5.74, 6) is 1.91. The Labute approximate surface area is 227 Å². The van der Waals surface area contributed by atoms with E-state index in [0.717, 1.165) is 45.2 Å². The molecule has 1 radical (unpaired) electrons. The molecule has 0 aliphatic carbocycles. The molecule has 6 nitrogen and oxygen atoms in total. The van der Waals surface area contributed by atoms with E-state index in [9.17, 15) is 0 Å². The van der Waals surface area contributed by atoms with Crippen LogP contribution in [0.2, 0.25) is 0 Å². The van der Waals surface area contributed by atoms with E-state index >= 15 is 0 Å². The molecule has 0 N–H and O–H groups in total. The van der Waals surface area contributed by atoms with Crippen LogP contribution < -0.4 is 9.97 Å². The smallest absolute Gasteiger partial charge is 0.666 e. The number of hydrogen-bond donors (Lipinski definition) is 0. The molecule has 0 amide bonds. The van der Waals surface area contributed by atoms with Crippen molar-refractivity contribution >= 4 is 21.5 Å². The summed E-state index contributed by atoms with van der Waals surface area (Å²) in [6.07, 6.45) is 8.03. The van der Waals surface area contributed by atoms with Gasteiger partial charge in [0.1, 0.15) is 23.0 Å². The molecule has 0 unspecified atom stereocenters. The van der Waals surface area contributed by atoms with Crippen LogP contribution in [-0.2, 0) is 42.0 Å². The van der Waals surface area contributed by atoms with Crippen molar-refractivity contribution in [3.8, 4) is 11.4 Å². The van der Waals surface area contributed by atoms with E-state index in [2.05, 4.69) is 85.6 Å². The summed E-state index contributed by atoms with van der Waals surface area (Å²) in [6.45, 7) is 8.75. The number of fused-ring (bicyclic) bond motifs is 2. The first kappa shape index (κ1) is 25.1. The van der Waals surface area contributed by atoms with Gasteiger partial charge in [-0.2, -0.15) is 12.4 Å². The fourth-order valence-corrected chi connectivity index (χ4v) is 5.61. The molecule has 0 atom stereocenters. The van der Waals surface area contributed by atoms with Crippen LogP contribution in [0.25, 0.3) is 32.9 Å². The van der Waals surface area contributed by atoms with Crippen LogP contribution in [0.3, 0.4) is 0 Å². The minimum atomic E-state index is -0.370. The van der Waals surface area contributed by atoms with E-state index < -0.39 is 0 Å². The molecule has 0 bridgehead atoms. The Bertz CT molecular complexity index is 1600. The summed E-state index contributed by atoms with van der Waals surface area (Å²) >= 11 is 0. The maximum atomic E-state index is 5.10. The minimum absolute atomic E-state index is 0. The van der Waals surface area contributed by atoms with Gasteiger partial charge < -0.3 is 19.1 Å². The van der Waals surface area contributed by atoms with Gasteiger partial charge in [-0.15, -0.1) is 11.4 Å².